The lowest BCUT2D eigenvalue weighted by molar-refractivity contribution is 0.284. The summed E-state index contributed by atoms with van der Waals surface area (Å²) in [6.45, 7) is 5.81. The minimum atomic E-state index is -0.219. The Labute approximate surface area is 103 Å². The molecular formula is C12H23N5. The van der Waals surface area contributed by atoms with Gasteiger partial charge in [-0.25, -0.2) is 0 Å². The van der Waals surface area contributed by atoms with Gasteiger partial charge in [-0.1, -0.05) is 13.8 Å². The summed E-state index contributed by atoms with van der Waals surface area (Å²) in [5, 5.41) is 11.7. The van der Waals surface area contributed by atoms with Crippen LogP contribution in [-0.2, 0) is 13.6 Å². The third-order valence-corrected chi connectivity index (χ3v) is 3.06. The van der Waals surface area contributed by atoms with Gasteiger partial charge in [0.1, 0.15) is 0 Å². The van der Waals surface area contributed by atoms with E-state index in [9.17, 15) is 0 Å². The first-order valence-corrected chi connectivity index (χ1v) is 5.82. The fourth-order valence-electron chi connectivity index (χ4n) is 1.55. The molecule has 0 aliphatic rings. The summed E-state index contributed by atoms with van der Waals surface area (Å²) in [4.78, 5) is 2.22. The largest absolute Gasteiger partial charge is 0.387 e. The molecule has 0 fully saturated rings. The van der Waals surface area contributed by atoms with Crippen molar-refractivity contribution < 1.29 is 0 Å². The van der Waals surface area contributed by atoms with Crippen molar-refractivity contribution in [2.24, 2.45) is 18.2 Å². The first-order valence-electron chi connectivity index (χ1n) is 5.82. The Kier molecular flexibility index (Phi) is 4.28. The van der Waals surface area contributed by atoms with Crippen LogP contribution in [0.3, 0.4) is 0 Å². The number of nitrogens with one attached hydrogen (secondary N) is 1. The second-order valence-corrected chi connectivity index (χ2v) is 5.31. The normalized spacial score (nSPS) is 12.1. The van der Waals surface area contributed by atoms with Crippen molar-refractivity contribution in [3.8, 4) is 0 Å². The zero-order valence-corrected chi connectivity index (χ0v) is 11.2. The van der Waals surface area contributed by atoms with Gasteiger partial charge < -0.3 is 10.6 Å². The lowest BCUT2D eigenvalue weighted by Crippen LogP contribution is -2.34. The molecule has 0 atom stereocenters. The number of nitrogens with two attached hydrogens (primary N) is 1. The fourth-order valence-corrected chi connectivity index (χ4v) is 1.55. The van der Waals surface area contributed by atoms with E-state index in [1.807, 2.05) is 38.0 Å². The molecule has 0 saturated carbocycles. The quantitative estimate of drug-likeness (QED) is 0.577. The Hall–Kier alpha value is -1.36. The van der Waals surface area contributed by atoms with Gasteiger partial charge in [-0.15, -0.1) is 0 Å². The molecule has 17 heavy (non-hydrogen) atoms. The molecule has 0 aliphatic carbocycles. The number of hydrogen-bond donors (Lipinski definition) is 2. The van der Waals surface area contributed by atoms with Crippen LogP contribution in [0.4, 0.5) is 0 Å². The van der Waals surface area contributed by atoms with Gasteiger partial charge in [-0.05, 0) is 20.0 Å². The van der Waals surface area contributed by atoms with E-state index in [1.165, 1.54) is 5.56 Å². The van der Waals surface area contributed by atoms with Crippen molar-refractivity contribution in [2.45, 2.75) is 26.8 Å². The summed E-state index contributed by atoms with van der Waals surface area (Å²) in [5.74, 6) is 0.257. The topological polar surface area (TPSA) is 70.9 Å². The molecule has 0 aliphatic heterocycles. The molecule has 0 radical (unpaired) electrons. The smallest absolute Gasteiger partial charge is 0.0963 e. The van der Waals surface area contributed by atoms with E-state index in [1.54, 1.807) is 0 Å². The molecule has 1 rings (SSSR count). The van der Waals surface area contributed by atoms with Gasteiger partial charge in [0, 0.05) is 30.8 Å². The van der Waals surface area contributed by atoms with Crippen LogP contribution in [0.25, 0.3) is 0 Å². The van der Waals surface area contributed by atoms with Crippen molar-refractivity contribution >= 4 is 5.84 Å². The molecule has 1 aromatic rings. The molecule has 0 saturated heterocycles. The third-order valence-electron chi connectivity index (χ3n) is 3.06. The average molecular weight is 237 g/mol. The monoisotopic (exact) mass is 237 g/mol. The van der Waals surface area contributed by atoms with Crippen LogP contribution in [0.15, 0.2) is 12.4 Å². The molecular weight excluding hydrogens is 214 g/mol. The van der Waals surface area contributed by atoms with E-state index >= 15 is 0 Å². The second-order valence-electron chi connectivity index (χ2n) is 5.31. The maximum atomic E-state index is 7.51. The van der Waals surface area contributed by atoms with E-state index < -0.39 is 0 Å². The van der Waals surface area contributed by atoms with Gasteiger partial charge in [0.05, 0.1) is 12.0 Å². The molecule has 5 nitrogen and oxygen atoms in total. The van der Waals surface area contributed by atoms with Gasteiger partial charge >= 0.3 is 0 Å². The van der Waals surface area contributed by atoms with Crippen LogP contribution < -0.4 is 5.73 Å². The summed E-state index contributed by atoms with van der Waals surface area (Å²) in [5.41, 5.74) is 6.55. The zero-order chi connectivity index (χ0) is 13.1. The number of hydrogen-bond acceptors (Lipinski definition) is 3. The molecule has 96 valence electrons. The minimum absolute atomic E-state index is 0.219. The summed E-state index contributed by atoms with van der Waals surface area (Å²) < 4.78 is 1.81. The van der Waals surface area contributed by atoms with E-state index in [2.05, 4.69) is 17.0 Å². The Balaban J connectivity index is 2.40. The number of aryl methyl sites for hydroxylation is 1. The second kappa shape index (κ2) is 5.31. The van der Waals surface area contributed by atoms with Crippen molar-refractivity contribution in [1.82, 2.24) is 14.7 Å². The molecule has 1 aromatic heterocycles. The van der Waals surface area contributed by atoms with Gasteiger partial charge in [-0.3, -0.25) is 10.1 Å². The first-order chi connectivity index (χ1) is 7.81. The number of rotatable bonds is 6. The molecule has 0 unspecified atom stereocenters. The van der Waals surface area contributed by atoms with Crippen molar-refractivity contribution in [3.63, 3.8) is 0 Å². The molecule has 3 N–H and O–H groups in total. The van der Waals surface area contributed by atoms with Gasteiger partial charge in [-0.2, -0.15) is 5.10 Å². The van der Waals surface area contributed by atoms with Crippen LogP contribution in [0.1, 0.15) is 25.8 Å². The van der Waals surface area contributed by atoms with Crippen LogP contribution in [0.5, 0.6) is 0 Å². The fraction of sp³-hybridized carbons (Fsp3) is 0.667. The highest BCUT2D eigenvalue weighted by atomic mass is 15.2. The highest BCUT2D eigenvalue weighted by molar-refractivity contribution is 5.82. The molecule has 1 heterocycles. The Morgan fingerprint density at radius 1 is 1.59 bits per heavy atom. The summed E-state index contributed by atoms with van der Waals surface area (Å²) in [7, 11) is 3.99. The van der Waals surface area contributed by atoms with Crippen LogP contribution in [-0.4, -0.2) is 34.1 Å². The Morgan fingerprint density at radius 3 is 2.71 bits per heavy atom. The van der Waals surface area contributed by atoms with Crippen molar-refractivity contribution in [3.05, 3.63) is 18.0 Å². The highest BCUT2D eigenvalue weighted by Gasteiger charge is 2.21. The average Bonchev–Trinajstić information content (AvgIpc) is 2.61. The summed E-state index contributed by atoms with van der Waals surface area (Å²) in [6.07, 6.45) is 4.79. The SMILES string of the molecule is CN(CCC(C)(C)C(=N)N)Cc1cnn(C)c1. The maximum Gasteiger partial charge on any atom is 0.0963 e. The molecule has 5 heteroatoms. The van der Waals surface area contributed by atoms with E-state index in [0.29, 0.717) is 0 Å². The number of nitrogens with zero attached hydrogens (tertiary/aromatic N) is 3. The lowest BCUT2D eigenvalue weighted by atomic mass is 9.88. The predicted octanol–water partition coefficient (Wildman–Crippen LogP) is 1.20. The van der Waals surface area contributed by atoms with Crippen molar-refractivity contribution in [1.29, 1.82) is 5.41 Å². The summed E-state index contributed by atoms with van der Waals surface area (Å²) >= 11 is 0. The molecule has 0 spiro atoms. The standard InChI is InChI=1S/C12H23N5/c1-12(2,11(13)14)5-6-16(3)8-10-7-15-17(4)9-10/h7,9H,5-6,8H2,1-4H3,(H3,13,14). The van der Waals surface area contributed by atoms with Crippen LogP contribution in [0, 0.1) is 10.8 Å². The van der Waals surface area contributed by atoms with Gasteiger partial charge in [0.25, 0.3) is 0 Å². The van der Waals surface area contributed by atoms with Gasteiger partial charge in [0.15, 0.2) is 0 Å². The zero-order valence-electron chi connectivity index (χ0n) is 11.2. The Morgan fingerprint density at radius 2 is 2.24 bits per heavy atom. The Bertz CT molecular complexity index is 380. The number of aromatic nitrogens is 2. The molecule has 0 aromatic carbocycles. The van der Waals surface area contributed by atoms with E-state index in [-0.39, 0.29) is 11.3 Å². The van der Waals surface area contributed by atoms with E-state index in [0.717, 1.165) is 19.5 Å². The third kappa shape index (κ3) is 4.19. The first kappa shape index (κ1) is 13.7. The highest BCUT2D eigenvalue weighted by Crippen LogP contribution is 2.20. The van der Waals surface area contributed by atoms with Crippen molar-refractivity contribution in [2.75, 3.05) is 13.6 Å². The maximum absolute atomic E-state index is 7.51. The number of amidine groups is 1. The van der Waals surface area contributed by atoms with Crippen LogP contribution >= 0.6 is 0 Å². The molecule has 0 bridgehead atoms. The predicted molar refractivity (Wildman–Crippen MR) is 69.9 cm³/mol. The lowest BCUT2D eigenvalue weighted by Gasteiger charge is -2.26. The van der Waals surface area contributed by atoms with Gasteiger partial charge in [0.2, 0.25) is 0 Å². The van der Waals surface area contributed by atoms with Crippen LogP contribution in [0.2, 0.25) is 0 Å². The minimum Gasteiger partial charge on any atom is -0.387 e. The summed E-state index contributed by atoms with van der Waals surface area (Å²) in [6, 6.07) is 0. The molecule has 0 amide bonds. The van der Waals surface area contributed by atoms with E-state index in [4.69, 9.17) is 11.1 Å².